The number of carbonyl (C=O) groups is 1. The van der Waals surface area contributed by atoms with Gasteiger partial charge in [0.1, 0.15) is 0 Å². The molecular weight excluding hydrogens is 147 g/mol. The molecule has 0 saturated heterocycles. The van der Waals surface area contributed by atoms with Crippen LogP contribution >= 0.6 is 0 Å². The Bertz CT molecular complexity index is 275. The fourth-order valence-corrected chi connectivity index (χ4v) is 0.696. The van der Waals surface area contributed by atoms with Crippen LogP contribution in [0.3, 0.4) is 0 Å². The van der Waals surface area contributed by atoms with Crippen LogP contribution in [0.1, 0.15) is 5.56 Å². The lowest BCUT2D eigenvalue weighted by molar-refractivity contribution is -0.105. The quantitative estimate of drug-likeness (QED) is 0.648. The summed E-state index contributed by atoms with van der Waals surface area (Å²) in [5.41, 5.74) is 0.721. The third-order valence-corrected chi connectivity index (χ3v) is 1.17. The molecule has 0 fully saturated rings. The molecule has 1 heterocycles. The molecule has 1 aromatic heterocycles. The Morgan fingerprint density at radius 3 is 3.00 bits per heavy atom. The summed E-state index contributed by atoms with van der Waals surface area (Å²) in [7, 11) is 0. The van der Waals surface area contributed by atoms with Gasteiger partial charge in [0.2, 0.25) is 6.41 Å². The smallest absolute Gasteiger partial charge is 0.212 e. The number of rotatable bonds is 2. The lowest BCUT2D eigenvalue weighted by Crippen LogP contribution is -1.99. The molecule has 1 amide bonds. The Labute approximate surface area is 63.3 Å². The molecular formula is C7H7FN2O. The highest BCUT2D eigenvalue weighted by Gasteiger charge is 2.00. The molecule has 0 aromatic carbocycles. The average molecular weight is 154 g/mol. The van der Waals surface area contributed by atoms with Crippen molar-refractivity contribution in [3.05, 3.63) is 23.6 Å². The SMILES string of the molecule is Cc1cnc(NC=O)c(F)c1. The molecule has 0 spiro atoms. The van der Waals surface area contributed by atoms with E-state index in [0.29, 0.717) is 6.41 Å². The van der Waals surface area contributed by atoms with Gasteiger partial charge in [-0.05, 0) is 18.6 Å². The van der Waals surface area contributed by atoms with E-state index in [9.17, 15) is 9.18 Å². The van der Waals surface area contributed by atoms with E-state index >= 15 is 0 Å². The van der Waals surface area contributed by atoms with Gasteiger partial charge in [0, 0.05) is 6.20 Å². The number of aryl methyl sites for hydroxylation is 1. The summed E-state index contributed by atoms with van der Waals surface area (Å²) >= 11 is 0. The number of pyridine rings is 1. The third-order valence-electron chi connectivity index (χ3n) is 1.17. The van der Waals surface area contributed by atoms with E-state index in [-0.39, 0.29) is 5.82 Å². The first-order valence-electron chi connectivity index (χ1n) is 3.06. The molecule has 1 N–H and O–H groups in total. The highest BCUT2D eigenvalue weighted by molar-refractivity contribution is 5.68. The van der Waals surface area contributed by atoms with Crippen LogP contribution < -0.4 is 5.32 Å². The molecule has 0 bridgehead atoms. The largest absolute Gasteiger partial charge is 0.311 e. The predicted octanol–water partition coefficient (Wildman–Crippen LogP) is 1.10. The monoisotopic (exact) mass is 154 g/mol. The van der Waals surface area contributed by atoms with Crippen LogP contribution in [0.2, 0.25) is 0 Å². The Morgan fingerprint density at radius 1 is 1.73 bits per heavy atom. The van der Waals surface area contributed by atoms with Crippen molar-refractivity contribution in [2.75, 3.05) is 5.32 Å². The number of hydrogen-bond acceptors (Lipinski definition) is 2. The zero-order valence-electron chi connectivity index (χ0n) is 5.97. The van der Waals surface area contributed by atoms with E-state index in [1.54, 1.807) is 6.92 Å². The fraction of sp³-hybridized carbons (Fsp3) is 0.143. The summed E-state index contributed by atoms with van der Waals surface area (Å²) in [6, 6.07) is 1.30. The highest BCUT2D eigenvalue weighted by atomic mass is 19.1. The van der Waals surface area contributed by atoms with Gasteiger partial charge in [0.15, 0.2) is 11.6 Å². The average Bonchev–Trinajstić information content (AvgIpc) is 1.95. The van der Waals surface area contributed by atoms with Crippen molar-refractivity contribution in [2.45, 2.75) is 6.92 Å². The van der Waals surface area contributed by atoms with Crippen LogP contribution in [-0.2, 0) is 4.79 Å². The van der Waals surface area contributed by atoms with Gasteiger partial charge in [0.25, 0.3) is 0 Å². The molecule has 58 valence electrons. The molecule has 0 atom stereocenters. The normalized spacial score (nSPS) is 9.27. The Hall–Kier alpha value is -1.45. The third kappa shape index (κ3) is 1.73. The Kier molecular flexibility index (Phi) is 2.15. The number of nitrogens with one attached hydrogen (secondary N) is 1. The number of nitrogens with zero attached hydrogens (tertiary/aromatic N) is 1. The lowest BCUT2D eigenvalue weighted by Gasteiger charge is -1.98. The van der Waals surface area contributed by atoms with Gasteiger partial charge in [-0.3, -0.25) is 4.79 Å². The van der Waals surface area contributed by atoms with Gasteiger partial charge in [-0.1, -0.05) is 0 Å². The maximum Gasteiger partial charge on any atom is 0.212 e. The summed E-state index contributed by atoms with van der Waals surface area (Å²) in [5, 5.41) is 2.14. The number of anilines is 1. The van der Waals surface area contributed by atoms with Gasteiger partial charge >= 0.3 is 0 Å². The minimum Gasteiger partial charge on any atom is -0.311 e. The number of carbonyl (C=O) groups excluding carboxylic acids is 1. The van der Waals surface area contributed by atoms with Crippen molar-refractivity contribution in [1.82, 2.24) is 4.98 Å². The number of hydrogen-bond donors (Lipinski definition) is 1. The number of amides is 1. The molecule has 0 unspecified atom stereocenters. The molecule has 0 aliphatic heterocycles. The summed E-state index contributed by atoms with van der Waals surface area (Å²) in [6.45, 7) is 1.72. The highest BCUT2D eigenvalue weighted by Crippen LogP contribution is 2.09. The molecule has 0 aliphatic carbocycles. The first-order chi connectivity index (χ1) is 5.24. The van der Waals surface area contributed by atoms with Gasteiger partial charge in [-0.25, -0.2) is 9.37 Å². The minimum absolute atomic E-state index is 0.0365. The van der Waals surface area contributed by atoms with Crippen LogP contribution in [0.15, 0.2) is 12.3 Å². The van der Waals surface area contributed by atoms with Crippen molar-refractivity contribution < 1.29 is 9.18 Å². The molecule has 0 aliphatic rings. The van der Waals surface area contributed by atoms with Crippen molar-refractivity contribution >= 4 is 12.2 Å². The van der Waals surface area contributed by atoms with Crippen LogP contribution in [0.25, 0.3) is 0 Å². The summed E-state index contributed by atoms with van der Waals surface area (Å²) < 4.78 is 12.8. The molecule has 1 aromatic rings. The van der Waals surface area contributed by atoms with E-state index in [0.717, 1.165) is 5.56 Å². The zero-order valence-corrected chi connectivity index (χ0v) is 5.97. The molecule has 11 heavy (non-hydrogen) atoms. The second-order valence-corrected chi connectivity index (χ2v) is 2.11. The van der Waals surface area contributed by atoms with E-state index < -0.39 is 5.82 Å². The summed E-state index contributed by atoms with van der Waals surface area (Å²) in [4.78, 5) is 13.5. The van der Waals surface area contributed by atoms with E-state index in [2.05, 4.69) is 10.3 Å². The van der Waals surface area contributed by atoms with E-state index in [1.165, 1.54) is 12.3 Å². The van der Waals surface area contributed by atoms with Crippen molar-refractivity contribution in [3.63, 3.8) is 0 Å². The number of halogens is 1. The van der Waals surface area contributed by atoms with Gasteiger partial charge < -0.3 is 5.32 Å². The van der Waals surface area contributed by atoms with Crippen LogP contribution in [0, 0.1) is 12.7 Å². The van der Waals surface area contributed by atoms with Crippen LogP contribution in [0.5, 0.6) is 0 Å². The first kappa shape index (κ1) is 7.65. The van der Waals surface area contributed by atoms with Crippen molar-refractivity contribution in [3.8, 4) is 0 Å². The van der Waals surface area contributed by atoms with Gasteiger partial charge in [-0.15, -0.1) is 0 Å². The number of aromatic nitrogens is 1. The van der Waals surface area contributed by atoms with Gasteiger partial charge in [-0.2, -0.15) is 0 Å². The molecule has 0 radical (unpaired) electrons. The standard InChI is InChI=1S/C7H7FN2O/c1-5-2-6(8)7(9-3-5)10-4-11/h2-4H,1H3,(H,9,10,11). The van der Waals surface area contributed by atoms with E-state index in [1.807, 2.05) is 0 Å². The topological polar surface area (TPSA) is 42.0 Å². The van der Waals surface area contributed by atoms with Crippen LogP contribution in [0.4, 0.5) is 10.2 Å². The molecule has 4 heteroatoms. The maximum absolute atomic E-state index is 12.8. The molecule has 0 saturated carbocycles. The zero-order chi connectivity index (χ0) is 8.27. The van der Waals surface area contributed by atoms with Crippen molar-refractivity contribution in [1.29, 1.82) is 0 Å². The van der Waals surface area contributed by atoms with Crippen LogP contribution in [-0.4, -0.2) is 11.4 Å². The lowest BCUT2D eigenvalue weighted by atomic mass is 10.3. The fourth-order valence-electron chi connectivity index (χ4n) is 0.696. The van der Waals surface area contributed by atoms with Gasteiger partial charge in [0.05, 0.1) is 0 Å². The maximum atomic E-state index is 12.8. The summed E-state index contributed by atoms with van der Waals surface area (Å²) in [6.07, 6.45) is 1.87. The minimum atomic E-state index is -0.517. The predicted molar refractivity (Wildman–Crippen MR) is 38.6 cm³/mol. The Morgan fingerprint density at radius 2 is 2.45 bits per heavy atom. The Balaban J connectivity index is 2.98. The molecule has 3 nitrogen and oxygen atoms in total. The van der Waals surface area contributed by atoms with E-state index in [4.69, 9.17) is 0 Å². The summed E-state index contributed by atoms with van der Waals surface area (Å²) in [5.74, 6) is -0.553. The second-order valence-electron chi connectivity index (χ2n) is 2.11. The molecule has 1 rings (SSSR count). The first-order valence-corrected chi connectivity index (χ1v) is 3.06. The van der Waals surface area contributed by atoms with Crippen molar-refractivity contribution in [2.24, 2.45) is 0 Å². The second kappa shape index (κ2) is 3.09.